The Morgan fingerprint density at radius 3 is 2.35 bits per heavy atom. The minimum absolute atomic E-state index is 0.260. The van der Waals surface area contributed by atoms with Crippen LogP contribution in [0, 0.1) is 25.2 Å². The van der Waals surface area contributed by atoms with Crippen molar-refractivity contribution in [1.82, 2.24) is 0 Å². The smallest absolute Gasteiger partial charge is 0.0669 e. The molecular weight excluding hydrogens is 244 g/mol. The van der Waals surface area contributed by atoms with Crippen LogP contribution in [0.15, 0.2) is 42.5 Å². The maximum absolute atomic E-state index is 8.67. The first-order valence-corrected chi connectivity index (χ1v) is 6.89. The molecule has 0 radical (unpaired) electrons. The number of benzene rings is 2. The van der Waals surface area contributed by atoms with E-state index in [-0.39, 0.29) is 6.04 Å². The molecule has 1 atom stereocenters. The van der Waals surface area contributed by atoms with Gasteiger partial charge in [0.2, 0.25) is 0 Å². The molecule has 0 heterocycles. The molecular formula is C18H20N2. The molecule has 0 aliphatic heterocycles. The molecule has 2 heteroatoms. The van der Waals surface area contributed by atoms with E-state index in [4.69, 9.17) is 5.26 Å². The quantitative estimate of drug-likeness (QED) is 0.879. The van der Waals surface area contributed by atoms with Crippen LogP contribution >= 0.6 is 0 Å². The summed E-state index contributed by atoms with van der Waals surface area (Å²) >= 11 is 0. The summed E-state index contributed by atoms with van der Waals surface area (Å²) in [4.78, 5) is 0. The fourth-order valence-electron chi connectivity index (χ4n) is 2.18. The van der Waals surface area contributed by atoms with E-state index >= 15 is 0 Å². The van der Waals surface area contributed by atoms with Crippen molar-refractivity contribution in [3.8, 4) is 6.07 Å². The van der Waals surface area contributed by atoms with Crippen LogP contribution in [-0.2, 0) is 6.42 Å². The van der Waals surface area contributed by atoms with Crippen molar-refractivity contribution in [2.75, 3.05) is 5.32 Å². The Morgan fingerprint density at radius 2 is 1.75 bits per heavy atom. The third-order valence-corrected chi connectivity index (χ3v) is 3.65. The molecule has 0 bridgehead atoms. The number of anilines is 1. The van der Waals surface area contributed by atoms with E-state index < -0.39 is 0 Å². The molecule has 0 spiro atoms. The van der Waals surface area contributed by atoms with Crippen molar-refractivity contribution >= 4 is 5.69 Å². The third-order valence-electron chi connectivity index (χ3n) is 3.65. The van der Waals surface area contributed by atoms with Crippen LogP contribution in [-0.4, -0.2) is 0 Å². The summed E-state index contributed by atoms with van der Waals surface area (Å²) in [5.41, 5.74) is 6.06. The molecule has 2 rings (SSSR count). The molecule has 0 saturated heterocycles. The Morgan fingerprint density at radius 1 is 1.05 bits per heavy atom. The van der Waals surface area contributed by atoms with Crippen LogP contribution < -0.4 is 5.32 Å². The molecule has 0 aromatic heterocycles. The second-order valence-corrected chi connectivity index (χ2v) is 5.24. The lowest BCUT2D eigenvalue weighted by Gasteiger charge is -2.17. The zero-order chi connectivity index (χ0) is 14.5. The maximum Gasteiger partial charge on any atom is 0.0669 e. The third kappa shape index (κ3) is 3.39. The largest absolute Gasteiger partial charge is 0.379 e. The van der Waals surface area contributed by atoms with E-state index in [1.807, 2.05) is 24.3 Å². The van der Waals surface area contributed by atoms with Gasteiger partial charge in [0.05, 0.1) is 12.5 Å². The highest BCUT2D eigenvalue weighted by Gasteiger charge is 2.06. The van der Waals surface area contributed by atoms with E-state index in [0.717, 1.165) is 11.3 Å². The van der Waals surface area contributed by atoms with Crippen LogP contribution in [0.25, 0.3) is 0 Å². The second-order valence-electron chi connectivity index (χ2n) is 5.24. The average Bonchev–Trinajstić information content (AvgIpc) is 2.44. The molecule has 0 saturated carbocycles. The van der Waals surface area contributed by atoms with Crippen LogP contribution in [0.3, 0.4) is 0 Å². The Hall–Kier alpha value is -2.27. The Labute approximate surface area is 121 Å². The number of hydrogen-bond donors (Lipinski definition) is 1. The van der Waals surface area contributed by atoms with E-state index in [1.165, 1.54) is 16.7 Å². The monoisotopic (exact) mass is 264 g/mol. The standard InChI is InChI=1S/C18H20N2/c1-13-4-7-17(12-14(13)2)15(3)20-18-8-5-16(6-9-18)10-11-19/h4-9,12,15,20H,10H2,1-3H3. The Balaban J connectivity index is 2.08. The Bertz CT molecular complexity index is 621. The molecule has 102 valence electrons. The van der Waals surface area contributed by atoms with Gasteiger partial charge < -0.3 is 5.32 Å². The molecule has 0 amide bonds. The van der Waals surface area contributed by atoms with Gasteiger partial charge in [-0.05, 0) is 55.2 Å². The summed E-state index contributed by atoms with van der Waals surface area (Å²) < 4.78 is 0. The van der Waals surface area contributed by atoms with Gasteiger partial charge in [-0.15, -0.1) is 0 Å². The van der Waals surface area contributed by atoms with Gasteiger partial charge in [0.15, 0.2) is 0 Å². The van der Waals surface area contributed by atoms with Crippen LogP contribution in [0.5, 0.6) is 0 Å². The topological polar surface area (TPSA) is 35.8 Å². The lowest BCUT2D eigenvalue weighted by Crippen LogP contribution is -2.07. The van der Waals surface area contributed by atoms with Crippen LogP contribution in [0.2, 0.25) is 0 Å². The zero-order valence-electron chi connectivity index (χ0n) is 12.3. The predicted octanol–water partition coefficient (Wildman–Crippen LogP) is 4.54. The van der Waals surface area contributed by atoms with Crippen molar-refractivity contribution < 1.29 is 0 Å². The van der Waals surface area contributed by atoms with Crippen molar-refractivity contribution in [2.45, 2.75) is 33.2 Å². The normalized spacial score (nSPS) is 11.7. The van der Waals surface area contributed by atoms with E-state index in [1.54, 1.807) is 0 Å². The van der Waals surface area contributed by atoms with Gasteiger partial charge >= 0.3 is 0 Å². The van der Waals surface area contributed by atoms with E-state index in [0.29, 0.717) is 6.42 Å². The number of rotatable bonds is 4. The number of nitrogens with zero attached hydrogens (tertiary/aromatic N) is 1. The second kappa shape index (κ2) is 6.25. The SMILES string of the molecule is Cc1ccc(C(C)Nc2ccc(CC#N)cc2)cc1C. The molecule has 1 unspecified atom stereocenters. The Kier molecular flexibility index (Phi) is 4.42. The lowest BCUT2D eigenvalue weighted by molar-refractivity contribution is 0.881. The minimum atomic E-state index is 0.260. The summed E-state index contributed by atoms with van der Waals surface area (Å²) in [5, 5.41) is 12.2. The number of nitriles is 1. The maximum atomic E-state index is 8.67. The molecule has 1 N–H and O–H groups in total. The van der Waals surface area contributed by atoms with Gasteiger partial charge in [0.1, 0.15) is 0 Å². The molecule has 20 heavy (non-hydrogen) atoms. The highest BCUT2D eigenvalue weighted by molar-refractivity contribution is 5.47. The van der Waals surface area contributed by atoms with Gasteiger partial charge in [0.25, 0.3) is 0 Å². The number of nitrogens with one attached hydrogen (secondary N) is 1. The van der Waals surface area contributed by atoms with E-state index in [2.05, 4.69) is 50.4 Å². The van der Waals surface area contributed by atoms with Crippen molar-refractivity contribution in [1.29, 1.82) is 5.26 Å². The summed E-state index contributed by atoms with van der Waals surface area (Å²) in [7, 11) is 0. The minimum Gasteiger partial charge on any atom is -0.379 e. The molecule has 0 aliphatic carbocycles. The summed E-state index contributed by atoms with van der Waals surface area (Å²) in [6.45, 7) is 6.43. The predicted molar refractivity (Wildman–Crippen MR) is 83.7 cm³/mol. The van der Waals surface area contributed by atoms with Gasteiger partial charge in [0, 0.05) is 11.7 Å². The first-order valence-electron chi connectivity index (χ1n) is 6.89. The highest BCUT2D eigenvalue weighted by atomic mass is 14.9. The fourth-order valence-corrected chi connectivity index (χ4v) is 2.18. The summed E-state index contributed by atoms with van der Waals surface area (Å²) in [6.07, 6.45) is 0.465. The lowest BCUT2D eigenvalue weighted by atomic mass is 10.0. The van der Waals surface area contributed by atoms with Crippen molar-refractivity contribution in [3.05, 3.63) is 64.7 Å². The van der Waals surface area contributed by atoms with Gasteiger partial charge in [-0.25, -0.2) is 0 Å². The highest BCUT2D eigenvalue weighted by Crippen LogP contribution is 2.21. The first-order chi connectivity index (χ1) is 9.60. The summed E-state index contributed by atoms with van der Waals surface area (Å²) in [5.74, 6) is 0. The average molecular weight is 264 g/mol. The zero-order valence-corrected chi connectivity index (χ0v) is 12.3. The molecule has 2 nitrogen and oxygen atoms in total. The first kappa shape index (κ1) is 14.1. The molecule has 2 aromatic carbocycles. The van der Waals surface area contributed by atoms with Crippen molar-refractivity contribution in [3.63, 3.8) is 0 Å². The molecule has 0 fully saturated rings. The van der Waals surface area contributed by atoms with Crippen LogP contribution in [0.1, 0.15) is 35.2 Å². The molecule has 0 aliphatic rings. The number of hydrogen-bond acceptors (Lipinski definition) is 2. The van der Waals surface area contributed by atoms with E-state index in [9.17, 15) is 0 Å². The summed E-state index contributed by atoms with van der Waals surface area (Å²) in [6, 6.07) is 17.1. The fraction of sp³-hybridized carbons (Fsp3) is 0.278. The number of aryl methyl sites for hydroxylation is 2. The van der Waals surface area contributed by atoms with Gasteiger partial charge in [-0.2, -0.15) is 5.26 Å². The van der Waals surface area contributed by atoms with Gasteiger partial charge in [-0.3, -0.25) is 0 Å². The van der Waals surface area contributed by atoms with Crippen molar-refractivity contribution in [2.24, 2.45) is 0 Å². The van der Waals surface area contributed by atoms with Gasteiger partial charge in [-0.1, -0.05) is 30.3 Å². The molecule has 2 aromatic rings. The van der Waals surface area contributed by atoms with Crippen LogP contribution in [0.4, 0.5) is 5.69 Å².